The van der Waals surface area contributed by atoms with Gasteiger partial charge in [0.1, 0.15) is 11.5 Å². The number of nitrogens with zero attached hydrogens (tertiary/aromatic N) is 2. The van der Waals surface area contributed by atoms with Gasteiger partial charge in [0.05, 0.1) is 18.9 Å². The highest BCUT2D eigenvalue weighted by Crippen LogP contribution is 2.48. The van der Waals surface area contributed by atoms with Crippen LogP contribution in [-0.4, -0.2) is 17.8 Å². The lowest BCUT2D eigenvalue weighted by atomic mass is 9.96. The number of hydrogen-bond donors (Lipinski definition) is 0. The van der Waals surface area contributed by atoms with Crippen LogP contribution in [0.15, 0.2) is 65.8 Å². The molecule has 0 aliphatic carbocycles. The molecule has 2 atom stereocenters. The first-order valence-electron chi connectivity index (χ1n) is 9.45. The van der Waals surface area contributed by atoms with Gasteiger partial charge < -0.3 is 9.47 Å². The average molecular weight is 427 g/mol. The van der Waals surface area contributed by atoms with E-state index in [2.05, 4.69) is 0 Å². The number of ether oxygens (including phenoxy) is 2. The molecular formula is C23H17ClF2N2O2. The lowest BCUT2D eigenvalue weighted by Crippen LogP contribution is -2.33. The van der Waals surface area contributed by atoms with Crippen molar-refractivity contribution in [2.24, 2.45) is 5.10 Å². The van der Waals surface area contributed by atoms with Crippen molar-refractivity contribution in [2.75, 3.05) is 7.11 Å². The Morgan fingerprint density at radius 1 is 1.07 bits per heavy atom. The summed E-state index contributed by atoms with van der Waals surface area (Å²) in [4.78, 5) is 0. The third-order valence-electron chi connectivity index (χ3n) is 5.38. The Kier molecular flexibility index (Phi) is 4.59. The number of methoxy groups -OCH3 is 1. The first kappa shape index (κ1) is 18.9. The van der Waals surface area contributed by atoms with Crippen LogP contribution < -0.4 is 9.47 Å². The zero-order valence-corrected chi connectivity index (χ0v) is 16.7. The molecule has 2 aliphatic rings. The molecule has 7 heteroatoms. The Morgan fingerprint density at radius 2 is 1.93 bits per heavy atom. The maximum absolute atomic E-state index is 13.9. The molecular weight excluding hydrogens is 410 g/mol. The quantitative estimate of drug-likeness (QED) is 0.525. The molecule has 0 saturated carbocycles. The molecule has 30 heavy (non-hydrogen) atoms. The summed E-state index contributed by atoms with van der Waals surface area (Å²) < 4.78 is 38.9. The van der Waals surface area contributed by atoms with Crippen molar-refractivity contribution in [3.05, 3.63) is 94.0 Å². The van der Waals surface area contributed by atoms with E-state index in [0.717, 1.165) is 34.7 Å². The molecule has 2 unspecified atom stereocenters. The lowest BCUT2D eigenvalue weighted by molar-refractivity contribution is -0.0192. The van der Waals surface area contributed by atoms with Crippen molar-refractivity contribution in [2.45, 2.75) is 18.7 Å². The van der Waals surface area contributed by atoms with Crippen LogP contribution in [0.2, 0.25) is 5.02 Å². The van der Waals surface area contributed by atoms with E-state index in [1.165, 1.54) is 6.07 Å². The van der Waals surface area contributed by atoms with Gasteiger partial charge in [0.2, 0.25) is 6.23 Å². The van der Waals surface area contributed by atoms with Gasteiger partial charge in [-0.2, -0.15) is 5.10 Å². The monoisotopic (exact) mass is 426 g/mol. The number of fused-ring (bicyclic) bond motifs is 3. The topological polar surface area (TPSA) is 34.1 Å². The van der Waals surface area contributed by atoms with Gasteiger partial charge in [0.25, 0.3) is 0 Å². The molecule has 0 amide bonds. The average Bonchev–Trinajstić information content (AvgIpc) is 3.21. The van der Waals surface area contributed by atoms with Crippen LogP contribution in [0.25, 0.3) is 0 Å². The lowest BCUT2D eigenvalue weighted by Gasteiger charge is -2.38. The maximum Gasteiger partial charge on any atom is 0.213 e. The highest BCUT2D eigenvalue weighted by atomic mass is 35.5. The predicted octanol–water partition coefficient (Wildman–Crippen LogP) is 5.87. The highest BCUT2D eigenvalue weighted by molar-refractivity contribution is 6.30. The van der Waals surface area contributed by atoms with E-state index in [-0.39, 0.29) is 6.04 Å². The van der Waals surface area contributed by atoms with E-state index in [9.17, 15) is 8.78 Å². The fourth-order valence-electron chi connectivity index (χ4n) is 3.92. The summed E-state index contributed by atoms with van der Waals surface area (Å²) in [5.41, 5.74) is 3.16. The SMILES string of the molecule is COc1cccc(C2=NN3C(C2)c2cc(Cl)ccc2OC3c2ccc(F)c(F)c2)c1. The summed E-state index contributed by atoms with van der Waals surface area (Å²) in [6.45, 7) is 0. The van der Waals surface area contributed by atoms with Crippen molar-refractivity contribution in [1.29, 1.82) is 0 Å². The first-order valence-corrected chi connectivity index (χ1v) is 9.82. The van der Waals surface area contributed by atoms with Crippen molar-refractivity contribution in [1.82, 2.24) is 5.01 Å². The Hall–Kier alpha value is -3.12. The van der Waals surface area contributed by atoms with Gasteiger partial charge in [0, 0.05) is 28.1 Å². The van der Waals surface area contributed by atoms with Crippen molar-refractivity contribution in [3.63, 3.8) is 0 Å². The molecule has 152 valence electrons. The molecule has 5 rings (SSSR count). The summed E-state index contributed by atoms with van der Waals surface area (Å²) in [7, 11) is 1.62. The van der Waals surface area contributed by atoms with Crippen LogP contribution in [0.5, 0.6) is 11.5 Å². The van der Waals surface area contributed by atoms with E-state index >= 15 is 0 Å². The Morgan fingerprint density at radius 3 is 2.73 bits per heavy atom. The number of benzene rings is 3. The minimum absolute atomic E-state index is 0.147. The molecule has 3 aromatic carbocycles. The predicted molar refractivity (Wildman–Crippen MR) is 110 cm³/mol. The largest absolute Gasteiger partial charge is 0.497 e. The van der Waals surface area contributed by atoms with Crippen LogP contribution in [-0.2, 0) is 0 Å². The number of halogens is 3. The molecule has 0 spiro atoms. The number of rotatable bonds is 3. The van der Waals surface area contributed by atoms with Gasteiger partial charge in [-0.05, 0) is 42.5 Å². The van der Waals surface area contributed by atoms with Crippen molar-refractivity contribution >= 4 is 17.3 Å². The summed E-state index contributed by atoms with van der Waals surface area (Å²) in [6, 6.07) is 16.7. The molecule has 0 radical (unpaired) electrons. The van der Waals surface area contributed by atoms with E-state index in [1.807, 2.05) is 30.3 Å². The van der Waals surface area contributed by atoms with Crippen LogP contribution in [0.3, 0.4) is 0 Å². The summed E-state index contributed by atoms with van der Waals surface area (Å²) in [5, 5.41) is 7.19. The van der Waals surface area contributed by atoms with E-state index in [1.54, 1.807) is 24.3 Å². The second-order valence-corrected chi connectivity index (χ2v) is 7.64. The summed E-state index contributed by atoms with van der Waals surface area (Å²) in [5.74, 6) is -0.444. The Balaban J connectivity index is 1.60. The van der Waals surface area contributed by atoms with Crippen molar-refractivity contribution in [3.8, 4) is 11.5 Å². The maximum atomic E-state index is 13.9. The van der Waals surface area contributed by atoms with E-state index in [0.29, 0.717) is 22.8 Å². The Labute approximate surface area is 177 Å². The molecule has 0 bridgehead atoms. The molecule has 0 N–H and O–H groups in total. The minimum atomic E-state index is -0.925. The molecule has 0 saturated heterocycles. The smallest absolute Gasteiger partial charge is 0.213 e. The minimum Gasteiger partial charge on any atom is -0.497 e. The second-order valence-electron chi connectivity index (χ2n) is 7.20. The number of hydrogen-bond acceptors (Lipinski definition) is 4. The molecule has 3 aromatic rings. The van der Waals surface area contributed by atoms with Gasteiger partial charge in [0.15, 0.2) is 11.6 Å². The highest BCUT2D eigenvalue weighted by Gasteiger charge is 2.41. The molecule has 2 aliphatic heterocycles. The van der Waals surface area contributed by atoms with Crippen LogP contribution >= 0.6 is 11.6 Å². The first-order chi connectivity index (χ1) is 14.5. The normalized spacial score (nSPS) is 19.6. The van der Waals surface area contributed by atoms with Crippen LogP contribution in [0, 0.1) is 11.6 Å². The van der Waals surface area contributed by atoms with Gasteiger partial charge in [-0.1, -0.05) is 29.8 Å². The van der Waals surface area contributed by atoms with Gasteiger partial charge in [-0.15, -0.1) is 0 Å². The zero-order valence-electron chi connectivity index (χ0n) is 16.0. The fraction of sp³-hybridized carbons (Fsp3) is 0.174. The van der Waals surface area contributed by atoms with Gasteiger partial charge >= 0.3 is 0 Å². The number of hydrazone groups is 1. The molecule has 0 fully saturated rings. The Bertz CT molecular complexity index is 1170. The molecule has 4 nitrogen and oxygen atoms in total. The summed E-state index contributed by atoms with van der Waals surface area (Å²) in [6.07, 6.45) is -0.0776. The second kappa shape index (κ2) is 7.29. The molecule has 2 heterocycles. The van der Waals surface area contributed by atoms with Crippen LogP contribution in [0.4, 0.5) is 8.78 Å². The van der Waals surface area contributed by atoms with Gasteiger partial charge in [-0.3, -0.25) is 0 Å². The zero-order chi connectivity index (χ0) is 20.8. The van der Waals surface area contributed by atoms with Crippen LogP contribution in [0.1, 0.15) is 35.4 Å². The third-order valence-corrected chi connectivity index (χ3v) is 5.62. The fourth-order valence-corrected chi connectivity index (χ4v) is 4.10. The third kappa shape index (κ3) is 3.17. The van der Waals surface area contributed by atoms with E-state index in [4.69, 9.17) is 26.2 Å². The standard InChI is InChI=1S/C23H17ClF2N2O2/c1-29-16-4-2-3-13(9-16)20-12-21-17-11-15(24)6-8-22(17)30-23(28(21)27-20)14-5-7-18(25)19(26)10-14/h2-11,21,23H,12H2,1H3. The van der Waals surface area contributed by atoms with Gasteiger partial charge in [-0.25, -0.2) is 13.8 Å². The van der Waals surface area contributed by atoms with Crippen molar-refractivity contribution < 1.29 is 18.3 Å². The summed E-state index contributed by atoms with van der Waals surface area (Å²) >= 11 is 6.23. The molecule has 0 aromatic heterocycles. The van der Waals surface area contributed by atoms with E-state index < -0.39 is 17.9 Å².